The van der Waals surface area contributed by atoms with Crippen LogP contribution in [0, 0.1) is 0 Å². The van der Waals surface area contributed by atoms with E-state index in [1.165, 1.54) is 0 Å². The average Bonchev–Trinajstić information content (AvgIpc) is 2.19. The van der Waals surface area contributed by atoms with Gasteiger partial charge >= 0.3 is 0 Å². The molecule has 0 fully saturated rings. The monoisotopic (exact) mass is 320 g/mol. The lowest BCUT2D eigenvalue weighted by atomic mass is 10.3. The Morgan fingerprint density at radius 1 is 1.24 bits per heavy atom. The van der Waals surface area contributed by atoms with Crippen LogP contribution in [0.15, 0.2) is 24.3 Å². The molecule has 2 N–H and O–H groups in total. The van der Waals surface area contributed by atoms with Gasteiger partial charge in [0.2, 0.25) is 15.9 Å². The molecule has 1 amide bonds. The van der Waals surface area contributed by atoms with Gasteiger partial charge in [-0.2, -0.15) is 0 Å². The zero-order chi connectivity index (χ0) is 12.9. The molecule has 94 valence electrons. The van der Waals surface area contributed by atoms with Crippen LogP contribution < -0.4 is 10.0 Å². The summed E-state index contributed by atoms with van der Waals surface area (Å²) in [6.45, 7) is 0. The van der Waals surface area contributed by atoms with Crippen LogP contribution in [-0.2, 0) is 14.8 Å². The summed E-state index contributed by atoms with van der Waals surface area (Å²) in [6, 6.07) is 6.45. The molecule has 0 bridgehead atoms. The highest BCUT2D eigenvalue weighted by atomic mass is 79.9. The fraction of sp³-hybridized carbons (Fsp3) is 0.300. The molecule has 7 heteroatoms. The molecule has 5 nitrogen and oxygen atoms in total. The van der Waals surface area contributed by atoms with Gasteiger partial charge in [-0.3, -0.25) is 9.52 Å². The molecular formula is C10H13BrN2O3S. The van der Waals surface area contributed by atoms with Gasteiger partial charge in [-0.05, 0) is 24.3 Å². The molecule has 1 rings (SSSR count). The van der Waals surface area contributed by atoms with E-state index in [0.717, 1.165) is 6.26 Å². The van der Waals surface area contributed by atoms with Crippen LogP contribution in [0.3, 0.4) is 0 Å². The molecule has 1 aromatic carbocycles. The van der Waals surface area contributed by atoms with Crippen LogP contribution in [-0.4, -0.2) is 25.9 Å². The molecule has 0 spiro atoms. The number of alkyl halides is 1. The van der Waals surface area contributed by atoms with Crippen molar-refractivity contribution in [2.45, 2.75) is 6.42 Å². The first-order valence-corrected chi connectivity index (χ1v) is 7.85. The molecule has 0 saturated carbocycles. The van der Waals surface area contributed by atoms with E-state index < -0.39 is 10.0 Å². The summed E-state index contributed by atoms with van der Waals surface area (Å²) in [4.78, 5) is 11.3. The third kappa shape index (κ3) is 5.69. The summed E-state index contributed by atoms with van der Waals surface area (Å²) >= 11 is 3.17. The predicted molar refractivity (Wildman–Crippen MR) is 71.9 cm³/mol. The van der Waals surface area contributed by atoms with Gasteiger partial charge in [0.25, 0.3) is 0 Å². The van der Waals surface area contributed by atoms with E-state index in [1.807, 2.05) is 0 Å². The third-order valence-corrected chi connectivity index (χ3v) is 2.80. The maximum absolute atomic E-state index is 11.3. The Balaban J connectivity index is 2.65. The Hall–Kier alpha value is -1.08. The molecule has 0 saturated heterocycles. The van der Waals surface area contributed by atoms with Crippen molar-refractivity contribution in [3.05, 3.63) is 24.3 Å². The standard InChI is InChI=1S/C10H13BrN2O3S/c1-17(15,16)13-9-4-2-8(3-5-9)12-10(14)6-7-11/h2-5,13H,6-7H2,1H3,(H,12,14). The zero-order valence-corrected chi connectivity index (χ0v) is 11.6. The number of amides is 1. The van der Waals surface area contributed by atoms with Gasteiger partial charge in [-0.25, -0.2) is 8.42 Å². The lowest BCUT2D eigenvalue weighted by Gasteiger charge is -2.06. The number of carbonyl (C=O) groups is 1. The van der Waals surface area contributed by atoms with Crippen molar-refractivity contribution >= 4 is 43.2 Å². The summed E-state index contributed by atoms with van der Waals surface area (Å²) in [7, 11) is -3.27. The quantitative estimate of drug-likeness (QED) is 0.812. The molecule has 17 heavy (non-hydrogen) atoms. The third-order valence-electron chi connectivity index (χ3n) is 1.79. The SMILES string of the molecule is CS(=O)(=O)Nc1ccc(NC(=O)CCBr)cc1. The van der Waals surface area contributed by atoms with Crippen molar-refractivity contribution in [2.24, 2.45) is 0 Å². The molecule has 0 aliphatic rings. The number of halogens is 1. The van der Waals surface area contributed by atoms with Crippen LogP contribution in [0.1, 0.15) is 6.42 Å². The minimum Gasteiger partial charge on any atom is -0.326 e. The second-order valence-corrected chi connectivity index (χ2v) is 5.98. The fourth-order valence-electron chi connectivity index (χ4n) is 1.14. The van der Waals surface area contributed by atoms with Crippen LogP contribution in [0.4, 0.5) is 11.4 Å². The molecule has 0 aromatic heterocycles. The number of rotatable bonds is 5. The van der Waals surface area contributed by atoms with Crippen LogP contribution in [0.2, 0.25) is 0 Å². The Bertz CT molecular complexity index is 485. The lowest BCUT2D eigenvalue weighted by Crippen LogP contribution is -2.12. The van der Waals surface area contributed by atoms with Crippen molar-refractivity contribution in [3.63, 3.8) is 0 Å². The maximum atomic E-state index is 11.3. The van der Waals surface area contributed by atoms with E-state index in [0.29, 0.717) is 23.1 Å². The largest absolute Gasteiger partial charge is 0.326 e. The molecule has 0 aliphatic carbocycles. The van der Waals surface area contributed by atoms with E-state index in [-0.39, 0.29) is 5.91 Å². The van der Waals surface area contributed by atoms with Crippen molar-refractivity contribution in [1.29, 1.82) is 0 Å². The number of carbonyl (C=O) groups excluding carboxylic acids is 1. The second kappa shape index (κ2) is 6.02. The highest BCUT2D eigenvalue weighted by molar-refractivity contribution is 9.09. The zero-order valence-electron chi connectivity index (χ0n) is 9.23. The van der Waals surface area contributed by atoms with Gasteiger partial charge in [-0.1, -0.05) is 15.9 Å². The van der Waals surface area contributed by atoms with Crippen molar-refractivity contribution in [1.82, 2.24) is 0 Å². The first-order chi connectivity index (χ1) is 7.90. The summed E-state index contributed by atoms with van der Waals surface area (Å²) in [5.74, 6) is -0.0919. The highest BCUT2D eigenvalue weighted by Crippen LogP contribution is 2.14. The topological polar surface area (TPSA) is 75.3 Å². The Morgan fingerprint density at radius 3 is 2.24 bits per heavy atom. The van der Waals surface area contributed by atoms with Gasteiger partial charge in [0.15, 0.2) is 0 Å². The first kappa shape index (κ1) is 14.0. The minimum atomic E-state index is -3.27. The Morgan fingerprint density at radius 2 is 1.76 bits per heavy atom. The normalized spacial score (nSPS) is 10.9. The number of anilines is 2. The molecule has 0 unspecified atom stereocenters. The Kier molecular flexibility index (Phi) is 4.95. The highest BCUT2D eigenvalue weighted by Gasteiger charge is 2.03. The Labute approximate surface area is 109 Å². The summed E-state index contributed by atoms with van der Waals surface area (Å²) in [5.41, 5.74) is 1.10. The minimum absolute atomic E-state index is 0.0919. The van der Waals surface area contributed by atoms with E-state index in [4.69, 9.17) is 0 Å². The lowest BCUT2D eigenvalue weighted by molar-refractivity contribution is -0.115. The summed E-state index contributed by atoms with van der Waals surface area (Å²) in [5, 5.41) is 3.29. The van der Waals surface area contributed by atoms with E-state index in [9.17, 15) is 13.2 Å². The van der Waals surface area contributed by atoms with Gasteiger partial charge in [0.1, 0.15) is 0 Å². The smallest absolute Gasteiger partial charge is 0.229 e. The van der Waals surface area contributed by atoms with E-state index in [2.05, 4.69) is 26.0 Å². The van der Waals surface area contributed by atoms with Gasteiger partial charge in [0, 0.05) is 23.1 Å². The molecule has 1 aromatic rings. The molecule has 0 radical (unpaired) electrons. The maximum Gasteiger partial charge on any atom is 0.229 e. The summed E-state index contributed by atoms with van der Waals surface area (Å²) < 4.78 is 24.3. The first-order valence-electron chi connectivity index (χ1n) is 4.84. The van der Waals surface area contributed by atoms with Crippen molar-refractivity contribution < 1.29 is 13.2 Å². The summed E-state index contributed by atoms with van der Waals surface area (Å²) in [6.07, 6.45) is 1.47. The van der Waals surface area contributed by atoms with E-state index in [1.54, 1.807) is 24.3 Å². The number of benzene rings is 1. The van der Waals surface area contributed by atoms with Crippen molar-refractivity contribution in [2.75, 3.05) is 21.6 Å². The molecule has 0 atom stereocenters. The second-order valence-electron chi connectivity index (χ2n) is 3.44. The predicted octanol–water partition coefficient (Wildman–Crippen LogP) is 1.78. The van der Waals surface area contributed by atoms with E-state index >= 15 is 0 Å². The van der Waals surface area contributed by atoms with Crippen LogP contribution >= 0.6 is 15.9 Å². The van der Waals surface area contributed by atoms with Crippen LogP contribution in [0.25, 0.3) is 0 Å². The van der Waals surface area contributed by atoms with Gasteiger partial charge in [0.05, 0.1) is 6.26 Å². The number of nitrogens with one attached hydrogen (secondary N) is 2. The molecule has 0 aliphatic heterocycles. The number of hydrogen-bond acceptors (Lipinski definition) is 3. The number of sulfonamides is 1. The van der Waals surface area contributed by atoms with Gasteiger partial charge in [-0.15, -0.1) is 0 Å². The fourth-order valence-corrected chi connectivity index (χ4v) is 2.07. The van der Waals surface area contributed by atoms with Gasteiger partial charge < -0.3 is 5.32 Å². The number of hydrogen-bond donors (Lipinski definition) is 2. The molecular weight excluding hydrogens is 308 g/mol. The van der Waals surface area contributed by atoms with Crippen molar-refractivity contribution in [3.8, 4) is 0 Å². The van der Waals surface area contributed by atoms with Crippen LogP contribution in [0.5, 0.6) is 0 Å². The molecule has 0 heterocycles. The average molecular weight is 321 g/mol.